The first-order valence-electron chi connectivity index (χ1n) is 6.63. The Balaban J connectivity index is 1.90. The first-order valence-corrected chi connectivity index (χ1v) is 7.51. The SMILES string of the molecule is Cn1oc(=O)nc1/C(=N/OCc1csc(N)n1)c1ccccc1. The van der Waals surface area contributed by atoms with Gasteiger partial charge in [-0.2, -0.15) is 9.72 Å². The van der Waals surface area contributed by atoms with Crippen molar-refractivity contribution in [1.29, 1.82) is 0 Å². The standard InChI is InChI=1S/C14H13N5O3S/c1-19-12(17-14(20)22-19)11(9-5-3-2-4-6-9)18-21-7-10-8-23-13(15)16-10/h2-6,8H,7H2,1H3,(H2,15,16)/b18-11+. The van der Waals surface area contributed by atoms with Gasteiger partial charge in [0.1, 0.15) is 0 Å². The smallest absolute Gasteiger partial charge is 0.389 e. The van der Waals surface area contributed by atoms with Gasteiger partial charge >= 0.3 is 5.76 Å². The van der Waals surface area contributed by atoms with E-state index in [1.165, 1.54) is 16.1 Å². The maximum absolute atomic E-state index is 11.3. The van der Waals surface area contributed by atoms with Crippen LogP contribution in [-0.4, -0.2) is 20.4 Å². The van der Waals surface area contributed by atoms with Crippen molar-refractivity contribution in [2.75, 3.05) is 5.73 Å². The number of aromatic nitrogens is 3. The lowest BCUT2D eigenvalue weighted by Gasteiger charge is -2.05. The van der Waals surface area contributed by atoms with Gasteiger partial charge in [-0.3, -0.25) is 0 Å². The number of nitrogens with zero attached hydrogens (tertiary/aromatic N) is 4. The van der Waals surface area contributed by atoms with Crippen LogP contribution in [0.15, 0.2) is 50.2 Å². The van der Waals surface area contributed by atoms with Gasteiger partial charge in [-0.25, -0.2) is 9.78 Å². The van der Waals surface area contributed by atoms with Crippen molar-refractivity contribution in [3.63, 3.8) is 0 Å². The molecule has 0 atom stereocenters. The van der Waals surface area contributed by atoms with E-state index in [1.54, 1.807) is 12.4 Å². The minimum absolute atomic E-state index is 0.163. The molecular weight excluding hydrogens is 318 g/mol. The van der Waals surface area contributed by atoms with Crippen molar-refractivity contribution in [2.45, 2.75) is 6.61 Å². The summed E-state index contributed by atoms with van der Waals surface area (Å²) in [5.74, 6) is -0.419. The van der Waals surface area contributed by atoms with Crippen molar-refractivity contribution in [2.24, 2.45) is 12.2 Å². The van der Waals surface area contributed by atoms with Crippen LogP contribution in [0.1, 0.15) is 17.1 Å². The molecule has 0 spiro atoms. The normalized spacial score (nSPS) is 11.6. The third kappa shape index (κ3) is 3.46. The zero-order valence-corrected chi connectivity index (χ0v) is 13.0. The molecule has 23 heavy (non-hydrogen) atoms. The van der Waals surface area contributed by atoms with E-state index in [-0.39, 0.29) is 12.4 Å². The monoisotopic (exact) mass is 331 g/mol. The summed E-state index contributed by atoms with van der Waals surface area (Å²) in [6, 6.07) is 9.25. The van der Waals surface area contributed by atoms with Crippen molar-refractivity contribution in [1.82, 2.24) is 14.7 Å². The first-order chi connectivity index (χ1) is 11.1. The van der Waals surface area contributed by atoms with Gasteiger partial charge < -0.3 is 15.1 Å². The van der Waals surface area contributed by atoms with Crippen LogP contribution in [0.3, 0.4) is 0 Å². The van der Waals surface area contributed by atoms with Gasteiger partial charge in [0.25, 0.3) is 0 Å². The van der Waals surface area contributed by atoms with E-state index >= 15 is 0 Å². The van der Waals surface area contributed by atoms with E-state index in [1.807, 2.05) is 30.3 Å². The number of hydrogen-bond acceptors (Lipinski definition) is 8. The molecule has 0 bridgehead atoms. The summed E-state index contributed by atoms with van der Waals surface area (Å²) in [5.41, 5.74) is 7.38. The average Bonchev–Trinajstić information content (AvgIpc) is 3.10. The summed E-state index contributed by atoms with van der Waals surface area (Å²) in [5, 5.41) is 6.36. The lowest BCUT2D eigenvalue weighted by Crippen LogP contribution is -2.11. The Morgan fingerprint density at radius 2 is 2.17 bits per heavy atom. The molecule has 9 heteroatoms. The van der Waals surface area contributed by atoms with Crippen molar-refractivity contribution >= 4 is 22.2 Å². The van der Waals surface area contributed by atoms with Gasteiger partial charge in [-0.15, -0.1) is 11.3 Å². The molecule has 2 aromatic heterocycles. The maximum atomic E-state index is 11.3. The lowest BCUT2D eigenvalue weighted by atomic mass is 10.1. The van der Waals surface area contributed by atoms with Crippen LogP contribution in [0.4, 0.5) is 5.13 Å². The van der Waals surface area contributed by atoms with Crippen molar-refractivity contribution < 1.29 is 9.36 Å². The molecule has 2 heterocycles. The fraction of sp³-hybridized carbons (Fsp3) is 0.143. The van der Waals surface area contributed by atoms with Gasteiger partial charge in [0.15, 0.2) is 23.3 Å². The Morgan fingerprint density at radius 1 is 1.39 bits per heavy atom. The zero-order valence-electron chi connectivity index (χ0n) is 12.2. The Kier molecular flexibility index (Phi) is 4.20. The number of benzene rings is 1. The number of hydrogen-bond donors (Lipinski definition) is 1. The Labute approximate surface area is 134 Å². The molecule has 0 saturated heterocycles. The maximum Gasteiger partial charge on any atom is 0.460 e. The molecule has 0 amide bonds. The highest BCUT2D eigenvalue weighted by Gasteiger charge is 2.16. The summed E-state index contributed by atoms with van der Waals surface area (Å²) in [4.78, 5) is 24.6. The van der Waals surface area contributed by atoms with Crippen LogP contribution in [0.2, 0.25) is 0 Å². The topological polar surface area (TPSA) is 109 Å². The van der Waals surface area contributed by atoms with Crippen molar-refractivity contribution in [3.05, 3.63) is 63.3 Å². The van der Waals surface area contributed by atoms with Crippen LogP contribution in [0.5, 0.6) is 0 Å². The Morgan fingerprint density at radius 3 is 2.78 bits per heavy atom. The number of thiazole rings is 1. The molecule has 1 aromatic carbocycles. The number of aryl methyl sites for hydroxylation is 1. The molecule has 0 aliphatic rings. The molecular formula is C14H13N5O3S. The number of rotatable bonds is 5. The second kappa shape index (κ2) is 6.44. The molecule has 2 N–H and O–H groups in total. The van der Waals surface area contributed by atoms with Crippen LogP contribution in [0.25, 0.3) is 0 Å². The number of nitrogen functional groups attached to an aromatic ring is 1. The highest BCUT2D eigenvalue weighted by Crippen LogP contribution is 2.13. The summed E-state index contributed by atoms with van der Waals surface area (Å²) < 4.78 is 6.12. The molecule has 0 aliphatic carbocycles. The molecule has 0 radical (unpaired) electrons. The summed E-state index contributed by atoms with van der Waals surface area (Å²) in [7, 11) is 1.57. The van der Waals surface area contributed by atoms with Crippen LogP contribution >= 0.6 is 11.3 Å². The Hall–Kier alpha value is -2.94. The van der Waals surface area contributed by atoms with Gasteiger partial charge in [0.2, 0.25) is 0 Å². The highest BCUT2D eigenvalue weighted by molar-refractivity contribution is 7.13. The fourth-order valence-corrected chi connectivity index (χ4v) is 2.46. The molecule has 8 nitrogen and oxygen atoms in total. The molecule has 118 valence electrons. The second-order valence-corrected chi connectivity index (χ2v) is 5.44. The minimum Gasteiger partial charge on any atom is -0.389 e. The Bertz CT molecular complexity index is 881. The third-order valence-electron chi connectivity index (χ3n) is 2.91. The van der Waals surface area contributed by atoms with E-state index in [0.717, 1.165) is 5.56 Å². The number of nitrogens with two attached hydrogens (primary N) is 1. The fourth-order valence-electron chi connectivity index (χ4n) is 1.91. The van der Waals surface area contributed by atoms with Gasteiger partial charge in [-0.1, -0.05) is 35.5 Å². The molecule has 0 fully saturated rings. The van der Waals surface area contributed by atoms with E-state index in [9.17, 15) is 4.79 Å². The predicted molar refractivity (Wildman–Crippen MR) is 85.1 cm³/mol. The van der Waals surface area contributed by atoms with Gasteiger partial charge in [-0.05, 0) is 0 Å². The molecule has 3 rings (SSSR count). The molecule has 0 saturated carbocycles. The number of oxime groups is 1. The van der Waals surface area contributed by atoms with Crippen LogP contribution < -0.4 is 11.5 Å². The van der Waals surface area contributed by atoms with Crippen molar-refractivity contribution in [3.8, 4) is 0 Å². The zero-order chi connectivity index (χ0) is 16.2. The third-order valence-corrected chi connectivity index (χ3v) is 3.63. The summed E-state index contributed by atoms with van der Waals surface area (Å²) in [6.07, 6.45) is 0. The molecule has 0 aliphatic heterocycles. The van der Waals surface area contributed by atoms with E-state index in [4.69, 9.17) is 15.1 Å². The van der Waals surface area contributed by atoms with Crippen LogP contribution in [-0.2, 0) is 18.5 Å². The van der Waals surface area contributed by atoms with E-state index < -0.39 is 5.76 Å². The highest BCUT2D eigenvalue weighted by atomic mass is 32.1. The molecule has 3 aromatic rings. The quantitative estimate of drug-likeness (QED) is 0.559. The first kappa shape index (κ1) is 15.0. The van der Waals surface area contributed by atoms with Gasteiger partial charge in [0.05, 0.1) is 5.69 Å². The lowest BCUT2D eigenvalue weighted by molar-refractivity contribution is 0.128. The van der Waals surface area contributed by atoms with E-state index in [2.05, 4.69) is 15.1 Å². The number of anilines is 1. The summed E-state index contributed by atoms with van der Waals surface area (Å²) >= 11 is 1.33. The molecule has 0 unspecified atom stereocenters. The largest absolute Gasteiger partial charge is 0.460 e. The van der Waals surface area contributed by atoms with Gasteiger partial charge in [0, 0.05) is 18.0 Å². The van der Waals surface area contributed by atoms with E-state index in [0.29, 0.717) is 16.5 Å². The summed E-state index contributed by atoms with van der Waals surface area (Å²) in [6.45, 7) is 0.163. The van der Waals surface area contributed by atoms with Crippen LogP contribution in [0, 0.1) is 0 Å². The average molecular weight is 331 g/mol. The second-order valence-electron chi connectivity index (χ2n) is 4.55. The predicted octanol–water partition coefficient (Wildman–Crippen LogP) is 1.38. The minimum atomic E-state index is -0.696.